The summed E-state index contributed by atoms with van der Waals surface area (Å²) in [6.45, 7) is 12.1. The number of nitrogens with zero attached hydrogens (tertiary/aromatic N) is 1. The summed E-state index contributed by atoms with van der Waals surface area (Å²) in [5.41, 5.74) is 2.20. The largest absolute Gasteiger partial charge is 0.483 e. The van der Waals surface area contributed by atoms with Gasteiger partial charge in [-0.15, -0.1) is 0 Å². The van der Waals surface area contributed by atoms with Crippen LogP contribution in [0.25, 0.3) is 0 Å². The summed E-state index contributed by atoms with van der Waals surface area (Å²) in [6.07, 6.45) is 0.369. The average molecular weight is 535 g/mol. The van der Waals surface area contributed by atoms with Gasteiger partial charge in [-0.05, 0) is 61.1 Å². The van der Waals surface area contributed by atoms with Gasteiger partial charge < -0.3 is 15.0 Å². The lowest BCUT2D eigenvalue weighted by Crippen LogP contribution is -2.55. The van der Waals surface area contributed by atoms with Gasteiger partial charge in [-0.3, -0.25) is 9.59 Å². The Balaban J connectivity index is 1.96. The van der Waals surface area contributed by atoms with Gasteiger partial charge >= 0.3 is 0 Å². The van der Waals surface area contributed by atoms with Crippen molar-refractivity contribution >= 4 is 23.4 Å². The molecule has 202 valence electrons. The molecule has 3 aromatic rings. The fourth-order valence-electron chi connectivity index (χ4n) is 4.27. The molecular formula is C32H39ClN2O3. The minimum Gasteiger partial charge on any atom is -0.483 e. The number of rotatable bonds is 9. The van der Waals surface area contributed by atoms with Crippen LogP contribution in [0, 0.1) is 0 Å². The molecule has 0 fully saturated rings. The van der Waals surface area contributed by atoms with Gasteiger partial charge in [-0.2, -0.15) is 0 Å². The van der Waals surface area contributed by atoms with E-state index in [1.54, 1.807) is 11.0 Å². The van der Waals surface area contributed by atoms with E-state index >= 15 is 0 Å². The molecular weight excluding hydrogens is 496 g/mol. The summed E-state index contributed by atoms with van der Waals surface area (Å²) in [6, 6.07) is 24.1. The van der Waals surface area contributed by atoms with E-state index < -0.39 is 11.6 Å². The lowest BCUT2D eigenvalue weighted by molar-refractivity contribution is -0.143. The van der Waals surface area contributed by atoms with E-state index in [0.29, 0.717) is 17.2 Å². The van der Waals surface area contributed by atoms with Crippen molar-refractivity contribution in [3.8, 4) is 5.75 Å². The smallest absolute Gasteiger partial charge is 0.261 e. The van der Waals surface area contributed by atoms with E-state index in [1.807, 2.05) is 93.6 Å². The van der Waals surface area contributed by atoms with Crippen LogP contribution < -0.4 is 10.1 Å². The zero-order chi connectivity index (χ0) is 27.9. The highest BCUT2D eigenvalue weighted by molar-refractivity contribution is 6.30. The van der Waals surface area contributed by atoms with E-state index in [0.717, 1.165) is 16.7 Å². The lowest BCUT2D eigenvalue weighted by atomic mass is 9.86. The quantitative estimate of drug-likeness (QED) is 0.338. The Kier molecular flexibility index (Phi) is 9.61. The van der Waals surface area contributed by atoms with E-state index in [4.69, 9.17) is 16.3 Å². The van der Waals surface area contributed by atoms with Crippen LogP contribution in [-0.2, 0) is 28.0 Å². The van der Waals surface area contributed by atoms with Crippen LogP contribution in [0.1, 0.15) is 58.2 Å². The standard InChI is InChI=1S/C32H39ClN2O3/c1-31(2,3)26-17-10-11-18-28(26)38-22-29(36)35(21-24-15-12-16-25(33)19-24)27(30(37)34-32(4,5)6)20-23-13-8-7-9-14-23/h7-19,27H,20-22H2,1-6H3,(H,34,37)/t27-/m1/s1. The average Bonchev–Trinajstić information content (AvgIpc) is 2.84. The normalized spacial score (nSPS) is 12.5. The number of benzene rings is 3. The molecule has 6 heteroatoms. The van der Waals surface area contributed by atoms with Gasteiger partial charge in [0.25, 0.3) is 5.91 Å². The molecule has 0 aliphatic heterocycles. The predicted molar refractivity (Wildman–Crippen MR) is 154 cm³/mol. The Bertz CT molecular complexity index is 1230. The number of carbonyl (C=O) groups excluding carboxylic acids is 2. The van der Waals surface area contributed by atoms with Crippen molar-refractivity contribution in [3.05, 3.63) is 101 Å². The van der Waals surface area contributed by atoms with Crippen LogP contribution in [0.5, 0.6) is 5.75 Å². The van der Waals surface area contributed by atoms with Crippen molar-refractivity contribution in [2.75, 3.05) is 6.61 Å². The van der Waals surface area contributed by atoms with Crippen LogP contribution in [0.15, 0.2) is 78.9 Å². The van der Waals surface area contributed by atoms with Crippen molar-refractivity contribution in [1.29, 1.82) is 0 Å². The number of carbonyl (C=O) groups is 2. The van der Waals surface area contributed by atoms with Crippen LogP contribution in [0.4, 0.5) is 0 Å². The molecule has 38 heavy (non-hydrogen) atoms. The Morgan fingerprint density at radius 1 is 0.868 bits per heavy atom. The minimum atomic E-state index is -0.746. The molecule has 0 saturated carbocycles. The summed E-state index contributed by atoms with van der Waals surface area (Å²) in [5, 5.41) is 3.65. The second-order valence-corrected chi connectivity index (χ2v) is 12.1. The van der Waals surface area contributed by atoms with Gasteiger partial charge in [0.1, 0.15) is 11.8 Å². The topological polar surface area (TPSA) is 58.6 Å². The van der Waals surface area contributed by atoms with Crippen molar-refractivity contribution in [2.24, 2.45) is 0 Å². The minimum absolute atomic E-state index is 0.150. The predicted octanol–water partition coefficient (Wildman–Crippen LogP) is 6.57. The van der Waals surface area contributed by atoms with Crippen molar-refractivity contribution < 1.29 is 14.3 Å². The number of hydrogen-bond acceptors (Lipinski definition) is 3. The number of ether oxygens (including phenoxy) is 1. The molecule has 0 heterocycles. The highest BCUT2D eigenvalue weighted by Crippen LogP contribution is 2.31. The molecule has 3 aromatic carbocycles. The zero-order valence-electron chi connectivity index (χ0n) is 23.3. The molecule has 0 spiro atoms. The third-order valence-electron chi connectivity index (χ3n) is 6.06. The maximum atomic E-state index is 13.9. The number of amides is 2. The van der Waals surface area contributed by atoms with Gasteiger partial charge in [0.05, 0.1) is 0 Å². The third kappa shape index (κ3) is 8.63. The maximum Gasteiger partial charge on any atom is 0.261 e. The Labute approximate surface area is 232 Å². The first-order valence-corrected chi connectivity index (χ1v) is 13.3. The second kappa shape index (κ2) is 12.5. The molecule has 1 atom stereocenters. The van der Waals surface area contributed by atoms with Crippen molar-refractivity contribution in [3.63, 3.8) is 0 Å². The lowest BCUT2D eigenvalue weighted by Gasteiger charge is -2.34. The molecule has 0 aromatic heterocycles. The van der Waals surface area contributed by atoms with Gasteiger partial charge in [0.15, 0.2) is 6.61 Å². The summed E-state index contributed by atoms with van der Waals surface area (Å²) in [7, 11) is 0. The highest BCUT2D eigenvalue weighted by Gasteiger charge is 2.32. The van der Waals surface area contributed by atoms with Crippen molar-refractivity contribution in [1.82, 2.24) is 10.2 Å². The van der Waals surface area contributed by atoms with Crippen LogP contribution in [0.2, 0.25) is 5.02 Å². The molecule has 0 aliphatic rings. The molecule has 2 amide bonds. The number of nitrogens with one attached hydrogen (secondary N) is 1. The van der Waals surface area contributed by atoms with Gasteiger partial charge in [0.2, 0.25) is 5.91 Å². The van der Waals surface area contributed by atoms with E-state index in [2.05, 4.69) is 26.1 Å². The fourth-order valence-corrected chi connectivity index (χ4v) is 4.49. The van der Waals surface area contributed by atoms with E-state index in [1.165, 1.54) is 0 Å². The SMILES string of the molecule is CC(C)(C)NC(=O)[C@@H](Cc1ccccc1)N(Cc1cccc(Cl)c1)C(=O)COc1ccccc1C(C)(C)C. The fraction of sp³-hybridized carbons (Fsp3) is 0.375. The molecule has 0 aliphatic carbocycles. The third-order valence-corrected chi connectivity index (χ3v) is 6.29. The van der Waals surface area contributed by atoms with E-state index in [9.17, 15) is 9.59 Å². The molecule has 1 N–H and O–H groups in total. The molecule has 0 radical (unpaired) electrons. The highest BCUT2D eigenvalue weighted by atomic mass is 35.5. The van der Waals surface area contributed by atoms with E-state index in [-0.39, 0.29) is 30.4 Å². The first-order valence-electron chi connectivity index (χ1n) is 13.0. The first kappa shape index (κ1) is 29.2. The first-order chi connectivity index (χ1) is 17.8. The number of halogens is 1. The zero-order valence-corrected chi connectivity index (χ0v) is 24.0. The van der Waals surface area contributed by atoms with Crippen LogP contribution in [-0.4, -0.2) is 34.9 Å². The number of para-hydroxylation sites is 1. The second-order valence-electron chi connectivity index (χ2n) is 11.6. The summed E-state index contributed by atoms with van der Waals surface area (Å²) in [4.78, 5) is 29.1. The maximum absolute atomic E-state index is 13.9. The Hall–Kier alpha value is -3.31. The molecule has 0 bridgehead atoms. The van der Waals surface area contributed by atoms with Gasteiger partial charge in [0, 0.05) is 23.5 Å². The molecule has 0 saturated heterocycles. The Morgan fingerprint density at radius 3 is 2.13 bits per heavy atom. The molecule has 5 nitrogen and oxygen atoms in total. The molecule has 0 unspecified atom stereocenters. The monoisotopic (exact) mass is 534 g/mol. The van der Waals surface area contributed by atoms with Gasteiger partial charge in [-0.25, -0.2) is 0 Å². The molecule has 3 rings (SSSR count). The van der Waals surface area contributed by atoms with Gasteiger partial charge in [-0.1, -0.05) is 93.0 Å². The van der Waals surface area contributed by atoms with Crippen LogP contribution in [0.3, 0.4) is 0 Å². The Morgan fingerprint density at radius 2 is 1.50 bits per heavy atom. The van der Waals surface area contributed by atoms with Crippen molar-refractivity contribution in [2.45, 2.75) is 71.5 Å². The summed E-state index contributed by atoms with van der Waals surface area (Å²) < 4.78 is 6.10. The number of hydrogen-bond donors (Lipinski definition) is 1. The summed E-state index contributed by atoms with van der Waals surface area (Å²) in [5.74, 6) is 0.167. The summed E-state index contributed by atoms with van der Waals surface area (Å²) >= 11 is 6.26. The van der Waals surface area contributed by atoms with Crippen LogP contribution >= 0.6 is 11.6 Å².